The Labute approximate surface area is 294 Å². The first kappa shape index (κ1) is 27.2. The van der Waals surface area contributed by atoms with Gasteiger partial charge in [-0.25, -0.2) is 0 Å². The quantitative estimate of drug-likeness (QED) is 0.183. The van der Waals surface area contributed by atoms with Crippen molar-refractivity contribution in [2.45, 2.75) is 5.41 Å². The highest BCUT2D eigenvalue weighted by Gasteiger charge is 2.51. The molecule has 2 nitrogen and oxygen atoms in total. The van der Waals surface area contributed by atoms with Crippen molar-refractivity contribution in [1.82, 2.24) is 4.57 Å². The van der Waals surface area contributed by atoms with Gasteiger partial charge in [-0.2, -0.15) is 0 Å². The van der Waals surface area contributed by atoms with Gasteiger partial charge in [-0.3, -0.25) is 0 Å². The third-order valence-corrected chi connectivity index (χ3v) is 11.6. The van der Waals surface area contributed by atoms with Crippen molar-refractivity contribution < 1.29 is 4.42 Å². The fourth-order valence-corrected chi connectivity index (χ4v) is 9.55. The maximum absolute atomic E-state index is 6.21. The lowest BCUT2D eigenvalue weighted by Gasteiger charge is -2.31. The van der Waals surface area contributed by atoms with Crippen molar-refractivity contribution in [3.63, 3.8) is 0 Å². The molecule has 8 aromatic carbocycles. The van der Waals surface area contributed by atoms with Crippen molar-refractivity contribution in [3.8, 4) is 39.1 Å². The molecule has 0 radical (unpaired) electrons. The first-order valence-electron chi connectivity index (χ1n) is 17.7. The van der Waals surface area contributed by atoms with Crippen LogP contribution in [0.4, 0.5) is 0 Å². The second-order valence-electron chi connectivity index (χ2n) is 14.0. The Balaban J connectivity index is 1.15. The molecule has 0 amide bonds. The minimum atomic E-state index is -0.463. The van der Waals surface area contributed by atoms with Gasteiger partial charge in [0.05, 0.1) is 16.4 Å². The minimum Gasteiger partial charge on any atom is -0.456 e. The van der Waals surface area contributed by atoms with E-state index in [1.807, 2.05) is 12.1 Å². The number of benzene rings is 8. The average Bonchev–Trinajstić information content (AvgIpc) is 3.91. The number of fused-ring (bicyclic) bond motifs is 16. The van der Waals surface area contributed by atoms with Crippen LogP contribution < -0.4 is 0 Å². The number of hydrogen-bond acceptors (Lipinski definition) is 1. The van der Waals surface area contributed by atoms with Crippen LogP contribution in [0, 0.1) is 0 Å². The van der Waals surface area contributed by atoms with E-state index >= 15 is 0 Å². The van der Waals surface area contributed by atoms with Crippen molar-refractivity contribution in [2.75, 3.05) is 0 Å². The van der Waals surface area contributed by atoms with Crippen LogP contribution in [0.5, 0.6) is 0 Å². The Hall–Kier alpha value is -6.64. The molecule has 2 aromatic heterocycles. The molecule has 2 heteroatoms. The Morgan fingerprint density at radius 1 is 0.353 bits per heavy atom. The van der Waals surface area contributed by atoms with Gasteiger partial charge < -0.3 is 8.98 Å². The van der Waals surface area contributed by atoms with E-state index in [0.717, 1.165) is 21.9 Å². The first-order chi connectivity index (χ1) is 25.3. The van der Waals surface area contributed by atoms with Gasteiger partial charge in [0, 0.05) is 27.2 Å². The summed E-state index contributed by atoms with van der Waals surface area (Å²) < 4.78 is 8.66. The largest absolute Gasteiger partial charge is 0.456 e. The second kappa shape index (κ2) is 9.74. The zero-order chi connectivity index (χ0) is 33.3. The molecular formula is C49H29NO. The fourth-order valence-electron chi connectivity index (χ4n) is 9.55. The average molecular weight is 648 g/mol. The summed E-state index contributed by atoms with van der Waals surface area (Å²) in [5, 5.41) is 4.84. The predicted molar refractivity (Wildman–Crippen MR) is 210 cm³/mol. The topological polar surface area (TPSA) is 18.1 Å². The summed E-state index contributed by atoms with van der Waals surface area (Å²) in [5.41, 5.74) is 18.0. The van der Waals surface area contributed by atoms with Crippen molar-refractivity contribution in [1.29, 1.82) is 0 Å². The highest BCUT2D eigenvalue weighted by atomic mass is 16.3. The number of furan rings is 1. The smallest absolute Gasteiger partial charge is 0.135 e. The Morgan fingerprint density at radius 3 is 1.59 bits per heavy atom. The second-order valence-corrected chi connectivity index (χ2v) is 14.0. The standard InChI is InChI=1S/C49H29NO/c1-6-16-41-33(11-1)34-12-2-7-17-42(34)49(41)43-28-31(30-22-26-48-40(27-30)39-15-5-10-20-47(39)51-48)21-24-35(43)36-25-23-32(29-44(36)49)50-45-18-8-3-13-37(45)38-14-4-9-19-46(38)50/h1-29H. The molecule has 2 heterocycles. The van der Waals surface area contributed by atoms with Gasteiger partial charge in [-0.1, -0.05) is 127 Å². The molecule has 1 spiro atoms. The summed E-state index contributed by atoms with van der Waals surface area (Å²) in [7, 11) is 0. The van der Waals surface area contributed by atoms with Gasteiger partial charge in [0.1, 0.15) is 11.2 Å². The molecule has 10 aromatic rings. The van der Waals surface area contributed by atoms with E-state index < -0.39 is 5.41 Å². The van der Waals surface area contributed by atoms with Gasteiger partial charge >= 0.3 is 0 Å². The summed E-state index contributed by atoms with van der Waals surface area (Å²) in [4.78, 5) is 0. The number of hydrogen-bond donors (Lipinski definition) is 0. The molecule has 0 saturated carbocycles. The molecule has 0 unspecified atom stereocenters. The monoisotopic (exact) mass is 647 g/mol. The van der Waals surface area contributed by atoms with Crippen LogP contribution in [0.15, 0.2) is 180 Å². The molecule has 51 heavy (non-hydrogen) atoms. The van der Waals surface area contributed by atoms with E-state index in [1.54, 1.807) is 0 Å². The SMILES string of the molecule is c1ccc2c(c1)-c1ccccc1C21c2cc(-c3ccc4oc5ccccc5c4c3)ccc2-c2ccc(-n3c4ccccc4c4ccccc43)cc21. The summed E-state index contributed by atoms with van der Waals surface area (Å²) in [6.07, 6.45) is 0. The number of nitrogens with zero attached hydrogens (tertiary/aromatic N) is 1. The van der Waals surface area contributed by atoms with Crippen LogP contribution in [-0.2, 0) is 5.41 Å². The zero-order valence-electron chi connectivity index (χ0n) is 27.6. The van der Waals surface area contributed by atoms with E-state index in [-0.39, 0.29) is 0 Å². The Morgan fingerprint density at radius 2 is 0.863 bits per heavy atom. The first-order valence-corrected chi connectivity index (χ1v) is 17.7. The van der Waals surface area contributed by atoms with E-state index in [0.29, 0.717) is 0 Å². The molecule has 12 rings (SSSR count). The van der Waals surface area contributed by atoms with Crippen LogP contribution in [0.3, 0.4) is 0 Å². The molecular weight excluding hydrogens is 619 g/mol. The van der Waals surface area contributed by atoms with Crippen LogP contribution >= 0.6 is 0 Å². The number of para-hydroxylation sites is 3. The third kappa shape index (κ3) is 3.42. The number of aromatic nitrogens is 1. The van der Waals surface area contributed by atoms with E-state index in [2.05, 4.69) is 168 Å². The summed E-state index contributed by atoms with van der Waals surface area (Å²) in [6, 6.07) is 64.9. The van der Waals surface area contributed by atoms with Crippen LogP contribution in [0.1, 0.15) is 22.3 Å². The van der Waals surface area contributed by atoms with Crippen molar-refractivity contribution >= 4 is 43.7 Å². The van der Waals surface area contributed by atoms with Crippen molar-refractivity contribution in [3.05, 3.63) is 198 Å². The summed E-state index contributed by atoms with van der Waals surface area (Å²) in [6.45, 7) is 0. The van der Waals surface area contributed by atoms with E-state index in [4.69, 9.17) is 4.42 Å². The Bertz CT molecular complexity index is 3000. The summed E-state index contributed by atoms with van der Waals surface area (Å²) in [5.74, 6) is 0. The van der Waals surface area contributed by atoms with Crippen molar-refractivity contribution in [2.24, 2.45) is 0 Å². The van der Waals surface area contributed by atoms with Crippen LogP contribution in [-0.4, -0.2) is 4.57 Å². The van der Waals surface area contributed by atoms with Crippen LogP contribution in [0.25, 0.3) is 82.8 Å². The number of rotatable bonds is 2. The summed E-state index contributed by atoms with van der Waals surface area (Å²) >= 11 is 0. The highest BCUT2D eigenvalue weighted by molar-refractivity contribution is 6.10. The predicted octanol–water partition coefficient (Wildman–Crippen LogP) is 12.7. The Kier molecular flexibility index (Phi) is 5.20. The zero-order valence-corrected chi connectivity index (χ0v) is 27.6. The van der Waals surface area contributed by atoms with Crippen LogP contribution in [0.2, 0.25) is 0 Å². The molecule has 0 fully saturated rings. The van der Waals surface area contributed by atoms with E-state index in [1.165, 1.54) is 83.1 Å². The van der Waals surface area contributed by atoms with Gasteiger partial charge in [0.15, 0.2) is 0 Å². The molecule has 0 N–H and O–H groups in total. The van der Waals surface area contributed by atoms with Gasteiger partial charge in [0.2, 0.25) is 0 Å². The van der Waals surface area contributed by atoms with Gasteiger partial charge in [0.25, 0.3) is 0 Å². The lowest BCUT2D eigenvalue weighted by molar-refractivity contribution is 0.669. The molecule has 2 aliphatic rings. The van der Waals surface area contributed by atoms with Gasteiger partial charge in [-0.15, -0.1) is 0 Å². The third-order valence-electron chi connectivity index (χ3n) is 11.6. The molecule has 0 bridgehead atoms. The minimum absolute atomic E-state index is 0.463. The molecule has 0 aliphatic heterocycles. The molecule has 2 aliphatic carbocycles. The maximum atomic E-state index is 6.21. The highest BCUT2D eigenvalue weighted by Crippen LogP contribution is 2.63. The molecule has 236 valence electrons. The lowest BCUT2D eigenvalue weighted by Crippen LogP contribution is -2.26. The molecule has 0 atom stereocenters. The van der Waals surface area contributed by atoms with Gasteiger partial charge in [-0.05, 0) is 104 Å². The maximum Gasteiger partial charge on any atom is 0.135 e. The fraction of sp³-hybridized carbons (Fsp3) is 0.0204. The molecule has 0 saturated heterocycles. The van der Waals surface area contributed by atoms with E-state index in [9.17, 15) is 0 Å². The lowest BCUT2D eigenvalue weighted by atomic mass is 9.70. The normalized spacial score (nSPS) is 13.6.